The average molecular weight is 462 g/mol. The van der Waals surface area contributed by atoms with Crippen LogP contribution in [0.1, 0.15) is 35.1 Å². The van der Waals surface area contributed by atoms with E-state index in [9.17, 15) is 10.1 Å². The van der Waals surface area contributed by atoms with Crippen molar-refractivity contribution in [3.63, 3.8) is 0 Å². The molecule has 7 heteroatoms. The van der Waals surface area contributed by atoms with E-state index < -0.39 is 4.92 Å². The molecule has 0 saturated carbocycles. The number of fused-ring (bicyclic) bond motifs is 1. The van der Waals surface area contributed by atoms with E-state index in [0.29, 0.717) is 5.02 Å². The highest BCUT2D eigenvalue weighted by Crippen LogP contribution is 2.43. The molecule has 5 rings (SSSR count). The summed E-state index contributed by atoms with van der Waals surface area (Å²) in [6, 6.07) is 21.3. The van der Waals surface area contributed by atoms with Gasteiger partial charge in [0, 0.05) is 47.7 Å². The zero-order valence-electron chi connectivity index (χ0n) is 18.2. The molecule has 0 bridgehead atoms. The first-order valence-electron chi connectivity index (χ1n) is 10.9. The van der Waals surface area contributed by atoms with Crippen LogP contribution in [0.25, 0.3) is 10.9 Å². The summed E-state index contributed by atoms with van der Waals surface area (Å²) in [5, 5.41) is 16.3. The minimum absolute atomic E-state index is 0.00520. The molecule has 0 amide bonds. The minimum Gasteiger partial charge on any atom is -0.497 e. The SMILES string of the molecule is COc1cccc(Cn2cc(C3CCNC3c3ccc([N+](=O)[O-])cc3Cl)c3ccccc32)c1. The van der Waals surface area contributed by atoms with Gasteiger partial charge in [-0.3, -0.25) is 10.1 Å². The Morgan fingerprint density at radius 1 is 1.12 bits per heavy atom. The monoisotopic (exact) mass is 461 g/mol. The molecule has 1 aromatic heterocycles. The summed E-state index contributed by atoms with van der Waals surface area (Å²) >= 11 is 6.50. The number of para-hydroxylation sites is 1. The number of hydrogen-bond donors (Lipinski definition) is 1. The van der Waals surface area contributed by atoms with Crippen LogP contribution in [0, 0.1) is 10.1 Å². The number of halogens is 1. The van der Waals surface area contributed by atoms with Crippen LogP contribution in [0.4, 0.5) is 5.69 Å². The van der Waals surface area contributed by atoms with Gasteiger partial charge in [-0.25, -0.2) is 0 Å². The maximum absolute atomic E-state index is 11.1. The normalized spacial score (nSPS) is 18.0. The molecule has 1 fully saturated rings. The minimum atomic E-state index is -0.415. The number of rotatable bonds is 6. The number of hydrogen-bond acceptors (Lipinski definition) is 4. The third kappa shape index (κ3) is 4.08. The average Bonchev–Trinajstić information content (AvgIpc) is 3.44. The summed E-state index contributed by atoms with van der Waals surface area (Å²) in [5.74, 6) is 1.05. The van der Waals surface area contributed by atoms with Gasteiger partial charge in [-0.05, 0) is 53.9 Å². The van der Waals surface area contributed by atoms with E-state index in [2.05, 4.69) is 52.5 Å². The number of nitro benzene ring substituents is 1. The molecule has 4 aromatic rings. The molecule has 168 valence electrons. The number of non-ortho nitro benzene ring substituents is 1. The topological polar surface area (TPSA) is 69.3 Å². The van der Waals surface area contributed by atoms with Gasteiger partial charge in [0.1, 0.15) is 5.75 Å². The first kappa shape index (κ1) is 21.5. The van der Waals surface area contributed by atoms with Gasteiger partial charge < -0.3 is 14.6 Å². The number of benzene rings is 3. The Morgan fingerprint density at radius 2 is 1.97 bits per heavy atom. The lowest BCUT2D eigenvalue weighted by molar-refractivity contribution is -0.384. The molecule has 0 radical (unpaired) electrons. The van der Waals surface area contributed by atoms with E-state index in [0.717, 1.165) is 30.8 Å². The second kappa shape index (κ2) is 8.89. The van der Waals surface area contributed by atoms with Crippen molar-refractivity contribution < 1.29 is 9.66 Å². The molecule has 1 aliphatic heterocycles. The van der Waals surface area contributed by atoms with Crippen molar-refractivity contribution in [2.24, 2.45) is 0 Å². The van der Waals surface area contributed by atoms with Gasteiger partial charge in [-0.15, -0.1) is 0 Å². The quantitative estimate of drug-likeness (QED) is 0.279. The van der Waals surface area contributed by atoms with Gasteiger partial charge in [0.25, 0.3) is 5.69 Å². The molecule has 3 aromatic carbocycles. The highest BCUT2D eigenvalue weighted by atomic mass is 35.5. The van der Waals surface area contributed by atoms with E-state index in [4.69, 9.17) is 16.3 Å². The van der Waals surface area contributed by atoms with Gasteiger partial charge in [0.15, 0.2) is 0 Å². The van der Waals surface area contributed by atoms with Crippen LogP contribution in [-0.2, 0) is 6.54 Å². The Labute approximate surface area is 196 Å². The van der Waals surface area contributed by atoms with Crippen LogP contribution in [0.3, 0.4) is 0 Å². The largest absolute Gasteiger partial charge is 0.497 e. The molecule has 2 atom stereocenters. The highest BCUT2D eigenvalue weighted by Gasteiger charge is 2.33. The van der Waals surface area contributed by atoms with Crippen molar-refractivity contribution >= 4 is 28.2 Å². The summed E-state index contributed by atoms with van der Waals surface area (Å²) < 4.78 is 7.68. The van der Waals surface area contributed by atoms with Crippen LogP contribution in [0.2, 0.25) is 5.02 Å². The number of methoxy groups -OCH3 is 1. The molecule has 6 nitrogen and oxygen atoms in total. The summed E-state index contributed by atoms with van der Waals surface area (Å²) in [6.45, 7) is 1.60. The Kier molecular flexibility index (Phi) is 5.79. The predicted molar refractivity (Wildman–Crippen MR) is 130 cm³/mol. The van der Waals surface area contributed by atoms with Crippen molar-refractivity contribution in [2.75, 3.05) is 13.7 Å². The third-order valence-corrected chi connectivity index (χ3v) is 6.79. The van der Waals surface area contributed by atoms with E-state index in [-0.39, 0.29) is 17.6 Å². The van der Waals surface area contributed by atoms with Crippen LogP contribution in [0.15, 0.2) is 72.9 Å². The maximum Gasteiger partial charge on any atom is 0.270 e. The van der Waals surface area contributed by atoms with E-state index in [1.54, 1.807) is 13.2 Å². The molecule has 2 unspecified atom stereocenters. The second-order valence-electron chi connectivity index (χ2n) is 8.37. The standard InChI is InChI=1S/C26H24ClN3O3/c1-33-19-6-4-5-17(13-19)15-29-16-23(20-7-2-3-8-25(20)29)21-11-12-28-26(21)22-10-9-18(30(31)32)14-24(22)27/h2-10,13-14,16,21,26,28H,11-12,15H2,1H3. The van der Waals surface area contributed by atoms with Crippen LogP contribution >= 0.6 is 11.6 Å². The van der Waals surface area contributed by atoms with Crippen molar-refractivity contribution in [1.82, 2.24) is 9.88 Å². The summed E-state index contributed by atoms with van der Waals surface area (Å²) in [5.41, 5.74) is 4.51. The predicted octanol–water partition coefficient (Wildman–Crippen LogP) is 6.08. The lowest BCUT2D eigenvalue weighted by atomic mass is 9.87. The summed E-state index contributed by atoms with van der Waals surface area (Å²) in [7, 11) is 1.68. The van der Waals surface area contributed by atoms with Crippen molar-refractivity contribution in [2.45, 2.75) is 24.9 Å². The van der Waals surface area contributed by atoms with E-state index in [1.807, 2.05) is 12.1 Å². The Morgan fingerprint density at radius 3 is 2.76 bits per heavy atom. The molecule has 33 heavy (non-hydrogen) atoms. The van der Waals surface area contributed by atoms with Crippen molar-refractivity contribution in [3.8, 4) is 5.75 Å². The zero-order valence-corrected chi connectivity index (χ0v) is 19.0. The third-order valence-electron chi connectivity index (χ3n) is 6.46. The second-order valence-corrected chi connectivity index (χ2v) is 8.78. The Hall–Kier alpha value is -3.35. The molecule has 1 aliphatic rings. The molecule has 0 aliphatic carbocycles. The fourth-order valence-corrected chi connectivity index (χ4v) is 5.21. The molecular weight excluding hydrogens is 438 g/mol. The van der Waals surface area contributed by atoms with Gasteiger partial charge in [-0.2, -0.15) is 0 Å². The molecule has 1 saturated heterocycles. The molecular formula is C26H24ClN3O3. The fraction of sp³-hybridized carbons (Fsp3) is 0.231. The van der Waals surface area contributed by atoms with Gasteiger partial charge >= 0.3 is 0 Å². The first-order chi connectivity index (χ1) is 16.0. The van der Waals surface area contributed by atoms with Gasteiger partial charge in [0.05, 0.1) is 17.1 Å². The smallest absolute Gasteiger partial charge is 0.270 e. The Bertz CT molecular complexity index is 1330. The van der Waals surface area contributed by atoms with E-state index in [1.165, 1.54) is 34.2 Å². The maximum atomic E-state index is 11.1. The lowest BCUT2D eigenvalue weighted by Crippen LogP contribution is -2.17. The van der Waals surface area contributed by atoms with E-state index >= 15 is 0 Å². The van der Waals surface area contributed by atoms with Crippen molar-refractivity contribution in [1.29, 1.82) is 0 Å². The number of nitro groups is 1. The molecule has 0 spiro atoms. The summed E-state index contributed by atoms with van der Waals surface area (Å²) in [4.78, 5) is 10.7. The number of nitrogens with zero attached hydrogens (tertiary/aromatic N) is 2. The highest BCUT2D eigenvalue weighted by molar-refractivity contribution is 6.31. The van der Waals surface area contributed by atoms with Gasteiger partial charge in [0.2, 0.25) is 0 Å². The van der Waals surface area contributed by atoms with Gasteiger partial charge in [-0.1, -0.05) is 41.9 Å². The fourth-order valence-electron chi connectivity index (χ4n) is 4.92. The van der Waals surface area contributed by atoms with Crippen LogP contribution < -0.4 is 10.1 Å². The number of aromatic nitrogens is 1. The molecule has 2 heterocycles. The Balaban J connectivity index is 1.53. The van der Waals surface area contributed by atoms with Crippen LogP contribution in [-0.4, -0.2) is 23.1 Å². The molecule has 1 N–H and O–H groups in total. The first-order valence-corrected chi connectivity index (χ1v) is 11.3. The lowest BCUT2D eigenvalue weighted by Gasteiger charge is -2.21. The summed E-state index contributed by atoms with van der Waals surface area (Å²) in [6.07, 6.45) is 3.21. The number of nitrogens with one attached hydrogen (secondary N) is 1. The zero-order chi connectivity index (χ0) is 22.9. The van der Waals surface area contributed by atoms with Crippen LogP contribution in [0.5, 0.6) is 5.75 Å². The van der Waals surface area contributed by atoms with Crippen molar-refractivity contribution in [3.05, 3.63) is 105 Å². The number of ether oxygens (including phenoxy) is 1.